The molecule has 3 aromatic rings. The second-order valence-corrected chi connectivity index (χ2v) is 8.39. The normalized spacial score (nSPS) is 13.5. The number of benzene rings is 2. The summed E-state index contributed by atoms with van der Waals surface area (Å²) in [4.78, 5) is 13.4. The van der Waals surface area contributed by atoms with E-state index in [-0.39, 0.29) is 13.1 Å². The number of allylic oxidation sites excluding steroid dienone is 2. The summed E-state index contributed by atoms with van der Waals surface area (Å²) in [6.07, 6.45) is 5.71. The predicted octanol–water partition coefficient (Wildman–Crippen LogP) is 5.32. The third-order valence-corrected chi connectivity index (χ3v) is 6.08. The lowest BCUT2D eigenvalue weighted by Crippen LogP contribution is -2.28. The minimum atomic E-state index is -0.966. The maximum atomic E-state index is 12.0. The number of hydrogen-bond acceptors (Lipinski definition) is 4. The molecule has 3 N–H and O–H groups in total. The number of amides is 1. The van der Waals surface area contributed by atoms with E-state index >= 15 is 0 Å². The van der Waals surface area contributed by atoms with E-state index in [4.69, 9.17) is 15.6 Å². The average Bonchev–Trinajstić information content (AvgIpc) is 3.14. The molecule has 0 aliphatic heterocycles. The molecule has 0 spiro atoms. The van der Waals surface area contributed by atoms with Crippen molar-refractivity contribution in [2.75, 3.05) is 12.8 Å². The van der Waals surface area contributed by atoms with Crippen LogP contribution < -0.4 is 10.5 Å². The lowest BCUT2D eigenvalue weighted by atomic mass is 9.91. The summed E-state index contributed by atoms with van der Waals surface area (Å²) in [5.74, 6) is 1.40. The fourth-order valence-electron chi connectivity index (χ4n) is 4.30. The van der Waals surface area contributed by atoms with E-state index in [1.807, 2.05) is 55.6 Å². The molecule has 0 unspecified atom stereocenters. The van der Waals surface area contributed by atoms with Crippen molar-refractivity contribution in [3.05, 3.63) is 71.3 Å². The van der Waals surface area contributed by atoms with Crippen molar-refractivity contribution in [2.24, 2.45) is 7.05 Å². The zero-order valence-electron chi connectivity index (χ0n) is 19.1. The Bertz CT molecular complexity index is 1160. The molecule has 0 bridgehead atoms. The number of aromatic nitrogens is 2. The lowest BCUT2D eigenvalue weighted by Gasteiger charge is -2.20. The summed E-state index contributed by atoms with van der Waals surface area (Å²) in [7, 11) is 3.47. The largest absolute Gasteiger partial charge is 0.497 e. The first-order valence-corrected chi connectivity index (χ1v) is 11.2. The highest BCUT2D eigenvalue weighted by atomic mass is 16.5. The highest BCUT2D eigenvalue weighted by molar-refractivity contribution is 5.85. The molecule has 1 aliphatic rings. The van der Waals surface area contributed by atoms with E-state index in [1.54, 1.807) is 11.8 Å². The van der Waals surface area contributed by atoms with Crippen molar-refractivity contribution in [2.45, 2.75) is 38.8 Å². The molecule has 0 atom stereocenters. The Morgan fingerprint density at radius 2 is 1.91 bits per heavy atom. The molecule has 0 fully saturated rings. The van der Waals surface area contributed by atoms with Gasteiger partial charge in [-0.1, -0.05) is 36.4 Å². The van der Waals surface area contributed by atoms with E-state index in [0.717, 1.165) is 53.0 Å². The van der Waals surface area contributed by atoms with Crippen molar-refractivity contribution in [1.29, 1.82) is 0 Å². The quantitative estimate of drug-likeness (QED) is 0.513. The maximum Gasteiger partial charge on any atom is 0.407 e. The first-order chi connectivity index (χ1) is 16.0. The van der Waals surface area contributed by atoms with Gasteiger partial charge in [0.1, 0.15) is 17.3 Å². The van der Waals surface area contributed by atoms with Crippen LogP contribution in [0.1, 0.15) is 42.4 Å². The minimum Gasteiger partial charge on any atom is -0.497 e. The van der Waals surface area contributed by atoms with Crippen LogP contribution >= 0.6 is 0 Å². The van der Waals surface area contributed by atoms with E-state index in [9.17, 15) is 9.90 Å². The lowest BCUT2D eigenvalue weighted by molar-refractivity contribution is 0.139. The molecule has 172 valence electrons. The van der Waals surface area contributed by atoms with Gasteiger partial charge in [0.15, 0.2) is 0 Å². The predicted molar refractivity (Wildman–Crippen MR) is 130 cm³/mol. The summed E-state index contributed by atoms with van der Waals surface area (Å²) < 4.78 is 6.91. The fraction of sp³-hybridized carbons (Fsp3) is 0.308. The number of nitrogens with two attached hydrogens (primary N) is 1. The standard InChI is InChI=1S/C26H30N4O3/c1-29-25(27)23(20-8-4-3-5-9-20)24(28-29)21-10-6-7-19(15-21)17-30(26(31)32)16-18-11-13-22(33-2)14-12-18/h6-8,10-15H,3-5,9,16-17,27H2,1-2H3,(H,31,32). The summed E-state index contributed by atoms with van der Waals surface area (Å²) in [5, 5.41) is 14.5. The maximum absolute atomic E-state index is 12.0. The molecular weight excluding hydrogens is 416 g/mol. The Kier molecular flexibility index (Phi) is 6.68. The first-order valence-electron chi connectivity index (χ1n) is 11.2. The van der Waals surface area contributed by atoms with Crippen LogP contribution in [-0.2, 0) is 20.1 Å². The van der Waals surface area contributed by atoms with Gasteiger partial charge in [-0.3, -0.25) is 9.58 Å². The molecule has 1 aromatic heterocycles. The molecule has 0 radical (unpaired) electrons. The Morgan fingerprint density at radius 1 is 1.15 bits per heavy atom. The van der Waals surface area contributed by atoms with Crippen LogP contribution in [0.15, 0.2) is 54.6 Å². The summed E-state index contributed by atoms with van der Waals surface area (Å²) in [5.41, 5.74) is 12.2. The Labute approximate surface area is 194 Å². The number of ether oxygens (including phenoxy) is 1. The molecule has 0 saturated carbocycles. The smallest absolute Gasteiger partial charge is 0.407 e. The number of aryl methyl sites for hydroxylation is 1. The van der Waals surface area contributed by atoms with Gasteiger partial charge in [-0.2, -0.15) is 5.10 Å². The van der Waals surface area contributed by atoms with Crippen LogP contribution in [0.5, 0.6) is 5.75 Å². The molecule has 2 aromatic carbocycles. The molecule has 1 heterocycles. The topological polar surface area (TPSA) is 93.6 Å². The summed E-state index contributed by atoms with van der Waals surface area (Å²) in [6, 6.07) is 15.3. The van der Waals surface area contributed by atoms with Gasteiger partial charge in [0.25, 0.3) is 0 Å². The van der Waals surface area contributed by atoms with Crippen molar-refractivity contribution in [3.8, 4) is 17.0 Å². The number of anilines is 1. The summed E-state index contributed by atoms with van der Waals surface area (Å²) >= 11 is 0. The minimum absolute atomic E-state index is 0.273. The van der Waals surface area contributed by atoms with Crippen molar-refractivity contribution >= 4 is 17.5 Å². The van der Waals surface area contributed by atoms with Gasteiger partial charge in [0.05, 0.1) is 7.11 Å². The second-order valence-electron chi connectivity index (χ2n) is 8.39. The number of rotatable bonds is 7. The van der Waals surface area contributed by atoms with Gasteiger partial charge in [-0.25, -0.2) is 4.79 Å². The van der Waals surface area contributed by atoms with E-state index in [0.29, 0.717) is 5.82 Å². The number of hydrogen-bond donors (Lipinski definition) is 2. The van der Waals surface area contributed by atoms with Crippen LogP contribution in [0.4, 0.5) is 10.6 Å². The third kappa shape index (κ3) is 5.03. The Balaban J connectivity index is 1.60. The molecule has 7 heteroatoms. The van der Waals surface area contributed by atoms with Crippen LogP contribution in [0, 0.1) is 0 Å². The summed E-state index contributed by atoms with van der Waals surface area (Å²) in [6.45, 7) is 0.563. The molecule has 1 aliphatic carbocycles. The Morgan fingerprint density at radius 3 is 2.58 bits per heavy atom. The molecule has 33 heavy (non-hydrogen) atoms. The zero-order chi connectivity index (χ0) is 23.4. The van der Waals surface area contributed by atoms with E-state index in [2.05, 4.69) is 6.08 Å². The van der Waals surface area contributed by atoms with Gasteiger partial charge in [-0.05, 0) is 60.6 Å². The van der Waals surface area contributed by atoms with Gasteiger partial charge in [0.2, 0.25) is 0 Å². The SMILES string of the molecule is COc1ccc(CN(Cc2cccc(-c3nn(C)c(N)c3C3=CCCCC3)c2)C(=O)O)cc1. The van der Waals surface area contributed by atoms with E-state index < -0.39 is 6.09 Å². The van der Waals surface area contributed by atoms with Crippen LogP contribution in [0.3, 0.4) is 0 Å². The van der Waals surface area contributed by atoms with Crippen LogP contribution in [-0.4, -0.2) is 33.0 Å². The van der Waals surface area contributed by atoms with Crippen molar-refractivity contribution < 1.29 is 14.6 Å². The van der Waals surface area contributed by atoms with Crippen molar-refractivity contribution in [3.63, 3.8) is 0 Å². The number of carboxylic acid groups (broad SMARTS) is 1. The van der Waals surface area contributed by atoms with Gasteiger partial charge >= 0.3 is 6.09 Å². The number of nitrogens with zero attached hydrogens (tertiary/aromatic N) is 3. The number of nitrogen functional groups attached to an aromatic ring is 1. The molecular formula is C26H30N4O3. The fourth-order valence-corrected chi connectivity index (χ4v) is 4.30. The highest BCUT2D eigenvalue weighted by Gasteiger charge is 2.21. The van der Waals surface area contributed by atoms with E-state index in [1.165, 1.54) is 16.9 Å². The molecule has 4 rings (SSSR count). The van der Waals surface area contributed by atoms with Crippen molar-refractivity contribution in [1.82, 2.24) is 14.7 Å². The number of methoxy groups -OCH3 is 1. The monoisotopic (exact) mass is 446 g/mol. The first kappa shape index (κ1) is 22.5. The zero-order valence-corrected chi connectivity index (χ0v) is 19.1. The van der Waals surface area contributed by atoms with Gasteiger partial charge in [0, 0.05) is 31.3 Å². The highest BCUT2D eigenvalue weighted by Crippen LogP contribution is 2.37. The second kappa shape index (κ2) is 9.81. The van der Waals surface area contributed by atoms with Crippen LogP contribution in [0.25, 0.3) is 16.8 Å². The van der Waals surface area contributed by atoms with Gasteiger partial charge < -0.3 is 15.6 Å². The molecule has 0 saturated heterocycles. The molecule has 7 nitrogen and oxygen atoms in total. The average molecular weight is 447 g/mol. The van der Waals surface area contributed by atoms with Crippen LogP contribution in [0.2, 0.25) is 0 Å². The van der Waals surface area contributed by atoms with Gasteiger partial charge in [-0.15, -0.1) is 0 Å². The number of carbonyl (C=O) groups is 1. The molecule has 1 amide bonds. The third-order valence-electron chi connectivity index (χ3n) is 6.08. The Hall–Kier alpha value is -3.74.